The zero-order valence-electron chi connectivity index (χ0n) is 12.3. The van der Waals surface area contributed by atoms with Crippen molar-refractivity contribution >= 4 is 5.91 Å². The van der Waals surface area contributed by atoms with E-state index in [0.29, 0.717) is 17.8 Å². The molecule has 3 aliphatic carbocycles. The topological polar surface area (TPSA) is 49.3 Å². The van der Waals surface area contributed by atoms with Crippen molar-refractivity contribution in [2.24, 2.45) is 17.8 Å². The first-order chi connectivity index (χ1) is 10.2. The summed E-state index contributed by atoms with van der Waals surface area (Å²) >= 11 is 0. The monoisotopic (exact) mass is 285 g/mol. The maximum absolute atomic E-state index is 12.4. The molecule has 1 amide bonds. The fourth-order valence-corrected chi connectivity index (χ4v) is 4.52. The van der Waals surface area contributed by atoms with Crippen molar-refractivity contribution in [3.8, 4) is 0 Å². The van der Waals surface area contributed by atoms with E-state index < -0.39 is 0 Å². The van der Waals surface area contributed by atoms with E-state index in [4.69, 9.17) is 0 Å². The summed E-state index contributed by atoms with van der Waals surface area (Å²) in [5, 5.41) is 12.7. The number of benzene rings is 1. The first kappa shape index (κ1) is 13.3. The van der Waals surface area contributed by atoms with Crippen LogP contribution in [0.4, 0.5) is 0 Å². The number of hydrogen-bond acceptors (Lipinski definition) is 2. The van der Waals surface area contributed by atoms with Crippen molar-refractivity contribution in [1.29, 1.82) is 0 Å². The Morgan fingerprint density at radius 3 is 2.90 bits per heavy atom. The highest BCUT2D eigenvalue weighted by Gasteiger charge is 2.56. The van der Waals surface area contributed by atoms with Crippen LogP contribution in [0.1, 0.15) is 42.7 Å². The highest BCUT2D eigenvalue weighted by Crippen LogP contribution is 2.59. The summed E-state index contributed by atoms with van der Waals surface area (Å²) in [5.41, 5.74) is 2.85. The van der Waals surface area contributed by atoms with Gasteiger partial charge in [0.15, 0.2) is 0 Å². The zero-order valence-corrected chi connectivity index (χ0v) is 12.3. The Morgan fingerprint density at radius 1 is 1.24 bits per heavy atom. The molecule has 4 rings (SSSR count). The Bertz CT molecular complexity index is 556. The van der Waals surface area contributed by atoms with Gasteiger partial charge in [-0.25, -0.2) is 0 Å². The van der Waals surface area contributed by atoms with Gasteiger partial charge in [0.05, 0.1) is 6.10 Å². The van der Waals surface area contributed by atoms with Crippen molar-refractivity contribution in [3.63, 3.8) is 0 Å². The summed E-state index contributed by atoms with van der Waals surface area (Å²) in [7, 11) is 0. The fraction of sp³-hybridized carbons (Fsp3) is 0.611. The summed E-state index contributed by atoms with van der Waals surface area (Å²) in [6.45, 7) is 0.744. The first-order valence-corrected chi connectivity index (χ1v) is 8.27. The second kappa shape index (κ2) is 5.13. The molecule has 5 atom stereocenters. The Balaban J connectivity index is 1.37. The molecule has 21 heavy (non-hydrogen) atoms. The van der Waals surface area contributed by atoms with E-state index in [0.717, 1.165) is 38.6 Å². The van der Waals surface area contributed by atoms with Crippen LogP contribution in [0.25, 0.3) is 0 Å². The molecule has 1 aromatic carbocycles. The fourth-order valence-electron chi connectivity index (χ4n) is 4.52. The SMILES string of the molecule is O=C(NCC1CCC(O)C1)C1C2CCc3ccccc3C21. The van der Waals surface area contributed by atoms with Crippen molar-refractivity contribution < 1.29 is 9.90 Å². The lowest BCUT2D eigenvalue weighted by Crippen LogP contribution is -2.30. The average molecular weight is 285 g/mol. The highest BCUT2D eigenvalue weighted by atomic mass is 16.3. The van der Waals surface area contributed by atoms with Crippen LogP contribution in [0, 0.1) is 17.8 Å². The number of fused-ring (bicyclic) bond motifs is 3. The third-order valence-electron chi connectivity index (χ3n) is 5.71. The van der Waals surface area contributed by atoms with E-state index in [1.54, 1.807) is 0 Å². The maximum Gasteiger partial charge on any atom is 0.224 e. The van der Waals surface area contributed by atoms with E-state index in [2.05, 4.69) is 29.6 Å². The minimum absolute atomic E-state index is 0.151. The van der Waals surface area contributed by atoms with Gasteiger partial charge in [-0.05, 0) is 61.0 Å². The van der Waals surface area contributed by atoms with Gasteiger partial charge >= 0.3 is 0 Å². The highest BCUT2D eigenvalue weighted by molar-refractivity contribution is 5.84. The largest absolute Gasteiger partial charge is 0.393 e. The minimum atomic E-state index is -0.151. The Hall–Kier alpha value is -1.35. The molecule has 3 aliphatic rings. The van der Waals surface area contributed by atoms with Gasteiger partial charge in [0.2, 0.25) is 5.91 Å². The van der Waals surface area contributed by atoms with Crippen LogP contribution in [0.5, 0.6) is 0 Å². The third kappa shape index (κ3) is 2.38. The normalized spacial score (nSPS) is 36.7. The van der Waals surface area contributed by atoms with Crippen LogP contribution in [0.3, 0.4) is 0 Å². The average Bonchev–Trinajstić information content (AvgIpc) is 3.11. The predicted molar refractivity (Wildman–Crippen MR) is 80.8 cm³/mol. The molecule has 112 valence electrons. The molecule has 2 saturated carbocycles. The van der Waals surface area contributed by atoms with Crippen molar-refractivity contribution in [3.05, 3.63) is 35.4 Å². The van der Waals surface area contributed by atoms with Gasteiger partial charge in [-0.3, -0.25) is 4.79 Å². The standard InChI is InChI=1S/C18H23NO2/c20-13-7-5-11(9-13)10-19-18(21)17-15-8-6-12-3-1-2-4-14(12)16(15)17/h1-4,11,13,15-17,20H,5-10H2,(H,19,21). The van der Waals surface area contributed by atoms with Crippen LogP contribution in [0.15, 0.2) is 24.3 Å². The molecule has 2 N–H and O–H groups in total. The smallest absolute Gasteiger partial charge is 0.224 e. The summed E-state index contributed by atoms with van der Waals surface area (Å²) in [4.78, 5) is 12.4. The zero-order chi connectivity index (χ0) is 14.4. The van der Waals surface area contributed by atoms with Gasteiger partial charge in [-0.2, -0.15) is 0 Å². The molecule has 5 unspecified atom stereocenters. The third-order valence-corrected chi connectivity index (χ3v) is 5.71. The Morgan fingerprint density at radius 2 is 2.10 bits per heavy atom. The number of hydrogen-bond donors (Lipinski definition) is 2. The molecule has 0 saturated heterocycles. The lowest BCUT2D eigenvalue weighted by atomic mass is 9.92. The number of carbonyl (C=O) groups is 1. The maximum atomic E-state index is 12.4. The number of aryl methyl sites for hydroxylation is 1. The molecule has 2 fully saturated rings. The van der Waals surface area contributed by atoms with Crippen molar-refractivity contribution in [2.75, 3.05) is 6.54 Å². The Labute approximate surface area is 125 Å². The van der Waals surface area contributed by atoms with Crippen molar-refractivity contribution in [1.82, 2.24) is 5.32 Å². The molecule has 1 aromatic rings. The number of nitrogens with one attached hydrogen (secondary N) is 1. The molecule has 0 spiro atoms. The lowest BCUT2D eigenvalue weighted by Gasteiger charge is -2.13. The lowest BCUT2D eigenvalue weighted by molar-refractivity contribution is -0.122. The van der Waals surface area contributed by atoms with Crippen LogP contribution < -0.4 is 5.32 Å². The molecular formula is C18H23NO2. The van der Waals surface area contributed by atoms with Gasteiger partial charge in [-0.1, -0.05) is 24.3 Å². The Kier molecular flexibility index (Phi) is 3.26. The number of aliphatic hydroxyl groups excluding tert-OH is 1. The van der Waals surface area contributed by atoms with Gasteiger partial charge in [0, 0.05) is 12.5 Å². The number of amides is 1. The van der Waals surface area contributed by atoms with E-state index in [-0.39, 0.29) is 17.9 Å². The molecule has 3 nitrogen and oxygen atoms in total. The van der Waals surface area contributed by atoms with Crippen LogP contribution in [0.2, 0.25) is 0 Å². The minimum Gasteiger partial charge on any atom is -0.393 e. The van der Waals surface area contributed by atoms with Crippen LogP contribution >= 0.6 is 0 Å². The second-order valence-corrected chi connectivity index (χ2v) is 7.03. The molecule has 0 aliphatic heterocycles. The molecule has 0 radical (unpaired) electrons. The molecular weight excluding hydrogens is 262 g/mol. The van der Waals surface area contributed by atoms with E-state index in [1.807, 2.05) is 0 Å². The first-order valence-electron chi connectivity index (χ1n) is 8.27. The predicted octanol–water partition coefficient (Wildman–Crippen LogP) is 2.24. The van der Waals surface area contributed by atoms with Gasteiger partial charge in [0.1, 0.15) is 0 Å². The summed E-state index contributed by atoms with van der Waals surface area (Å²) in [6, 6.07) is 8.60. The van der Waals surface area contributed by atoms with E-state index in [9.17, 15) is 9.90 Å². The van der Waals surface area contributed by atoms with Gasteiger partial charge in [-0.15, -0.1) is 0 Å². The number of carbonyl (C=O) groups excluding carboxylic acids is 1. The van der Waals surface area contributed by atoms with E-state index in [1.165, 1.54) is 11.1 Å². The van der Waals surface area contributed by atoms with Gasteiger partial charge in [0.25, 0.3) is 0 Å². The molecule has 0 bridgehead atoms. The van der Waals surface area contributed by atoms with Gasteiger partial charge < -0.3 is 10.4 Å². The number of rotatable bonds is 3. The summed E-state index contributed by atoms with van der Waals surface area (Å²) in [5.74, 6) is 1.93. The van der Waals surface area contributed by atoms with Crippen LogP contribution in [-0.2, 0) is 11.2 Å². The second-order valence-electron chi connectivity index (χ2n) is 7.03. The molecule has 0 heterocycles. The number of aliphatic hydroxyl groups is 1. The quantitative estimate of drug-likeness (QED) is 0.895. The molecule has 3 heteroatoms. The van der Waals surface area contributed by atoms with Crippen LogP contribution in [-0.4, -0.2) is 23.7 Å². The summed E-state index contributed by atoms with van der Waals surface area (Å²) in [6.07, 6.45) is 4.91. The van der Waals surface area contributed by atoms with Crippen molar-refractivity contribution in [2.45, 2.75) is 44.1 Å². The summed E-state index contributed by atoms with van der Waals surface area (Å²) < 4.78 is 0. The molecule has 0 aromatic heterocycles. The van der Waals surface area contributed by atoms with E-state index >= 15 is 0 Å².